The molecule has 1 atom stereocenters. The number of rotatable bonds is 7. The monoisotopic (exact) mass is 406 g/mol. The van der Waals surface area contributed by atoms with E-state index in [-0.39, 0.29) is 6.04 Å². The van der Waals surface area contributed by atoms with Gasteiger partial charge in [-0.2, -0.15) is 5.10 Å². The molecule has 1 aliphatic carbocycles. The lowest BCUT2D eigenvalue weighted by Gasteiger charge is -2.21. The molecule has 3 aromatic rings. The lowest BCUT2D eigenvalue weighted by Crippen LogP contribution is -2.39. The molecule has 4 rings (SSSR count). The van der Waals surface area contributed by atoms with Crippen molar-refractivity contribution in [3.8, 4) is 11.6 Å². The molecule has 1 aromatic carbocycles. The van der Waals surface area contributed by atoms with Gasteiger partial charge < -0.3 is 15.1 Å². The molecule has 7 heteroatoms. The van der Waals surface area contributed by atoms with Crippen LogP contribution in [0.1, 0.15) is 55.2 Å². The van der Waals surface area contributed by atoms with Crippen LogP contribution in [-0.4, -0.2) is 34.2 Å². The Kier molecular flexibility index (Phi) is 6.47. The molecule has 0 amide bonds. The number of benzene rings is 1. The molecular weight excluding hydrogens is 376 g/mol. The van der Waals surface area contributed by atoms with Crippen molar-refractivity contribution in [2.75, 3.05) is 13.1 Å². The van der Waals surface area contributed by atoms with Crippen molar-refractivity contribution in [2.24, 2.45) is 4.99 Å². The standard InChI is InChI=1S/C23H30N6O/c1-3-24-23(25-13-12-21-27-22(29-28-21)20-9-6-14-30-20)26-16(2)18-11-10-17-7-4-5-8-19(17)15-18/h6,9-11,14-16H,3-5,7-8,12-13H2,1-2H3,(H2,24,25,26)(H,27,28,29). The van der Waals surface area contributed by atoms with Crippen LogP contribution >= 0.6 is 0 Å². The predicted molar refractivity (Wildman–Crippen MR) is 118 cm³/mol. The van der Waals surface area contributed by atoms with Gasteiger partial charge in [0.2, 0.25) is 5.82 Å². The van der Waals surface area contributed by atoms with E-state index in [1.807, 2.05) is 12.1 Å². The maximum absolute atomic E-state index is 5.34. The van der Waals surface area contributed by atoms with E-state index in [9.17, 15) is 0 Å². The third-order valence-corrected chi connectivity index (χ3v) is 5.46. The first-order valence-electron chi connectivity index (χ1n) is 10.8. The normalized spacial score (nSPS) is 14.9. The van der Waals surface area contributed by atoms with Gasteiger partial charge in [0.05, 0.1) is 12.3 Å². The zero-order chi connectivity index (χ0) is 20.8. The minimum absolute atomic E-state index is 0.186. The molecule has 1 aliphatic rings. The van der Waals surface area contributed by atoms with Crippen LogP contribution in [0.4, 0.5) is 0 Å². The smallest absolute Gasteiger partial charge is 0.216 e. The van der Waals surface area contributed by atoms with E-state index >= 15 is 0 Å². The summed E-state index contributed by atoms with van der Waals surface area (Å²) >= 11 is 0. The van der Waals surface area contributed by atoms with Crippen LogP contribution in [0.5, 0.6) is 0 Å². The highest BCUT2D eigenvalue weighted by Gasteiger charge is 2.13. The fourth-order valence-electron chi connectivity index (χ4n) is 3.83. The zero-order valence-corrected chi connectivity index (χ0v) is 17.7. The average Bonchev–Trinajstić information content (AvgIpc) is 3.45. The van der Waals surface area contributed by atoms with Crippen molar-refractivity contribution in [1.29, 1.82) is 0 Å². The molecule has 0 bridgehead atoms. The Labute approximate surface area is 177 Å². The summed E-state index contributed by atoms with van der Waals surface area (Å²) < 4.78 is 5.34. The Morgan fingerprint density at radius 3 is 2.90 bits per heavy atom. The minimum atomic E-state index is 0.186. The summed E-state index contributed by atoms with van der Waals surface area (Å²) in [5, 5.41) is 14.0. The maximum atomic E-state index is 5.34. The fraction of sp³-hybridized carbons (Fsp3) is 0.435. The molecule has 0 spiro atoms. The molecule has 0 aliphatic heterocycles. The molecule has 158 valence electrons. The number of aromatic amines is 1. The first-order valence-corrected chi connectivity index (χ1v) is 10.8. The number of guanidine groups is 1. The molecule has 0 saturated heterocycles. The Balaban J connectivity index is 1.36. The number of furan rings is 1. The predicted octanol–water partition coefficient (Wildman–Crippen LogP) is 3.80. The second-order valence-electron chi connectivity index (χ2n) is 7.69. The van der Waals surface area contributed by atoms with Crippen LogP contribution in [0.3, 0.4) is 0 Å². The molecule has 0 radical (unpaired) electrons. The van der Waals surface area contributed by atoms with Crippen molar-refractivity contribution in [3.05, 3.63) is 59.1 Å². The van der Waals surface area contributed by atoms with Crippen molar-refractivity contribution < 1.29 is 4.42 Å². The van der Waals surface area contributed by atoms with Gasteiger partial charge in [-0.15, -0.1) is 0 Å². The Bertz CT molecular complexity index is 976. The van der Waals surface area contributed by atoms with Gasteiger partial charge >= 0.3 is 0 Å². The summed E-state index contributed by atoms with van der Waals surface area (Å²) in [5.74, 6) is 2.84. The molecule has 0 fully saturated rings. The highest BCUT2D eigenvalue weighted by atomic mass is 16.3. The lowest BCUT2D eigenvalue weighted by atomic mass is 9.89. The van der Waals surface area contributed by atoms with E-state index in [2.05, 4.69) is 57.9 Å². The molecule has 3 N–H and O–H groups in total. The van der Waals surface area contributed by atoms with E-state index in [1.54, 1.807) is 6.26 Å². The number of aromatic nitrogens is 3. The number of fused-ring (bicyclic) bond motifs is 1. The van der Waals surface area contributed by atoms with Crippen LogP contribution < -0.4 is 10.6 Å². The van der Waals surface area contributed by atoms with Crippen molar-refractivity contribution in [3.63, 3.8) is 0 Å². The SMILES string of the molecule is CCNC(=NCCc1nc(-c2ccco2)n[nH]1)NC(C)c1ccc2c(c1)CCCC2. The van der Waals surface area contributed by atoms with E-state index < -0.39 is 0 Å². The van der Waals surface area contributed by atoms with Crippen molar-refractivity contribution in [1.82, 2.24) is 25.8 Å². The molecule has 0 saturated carbocycles. The number of hydrogen-bond acceptors (Lipinski definition) is 4. The number of aryl methyl sites for hydroxylation is 2. The van der Waals surface area contributed by atoms with Gasteiger partial charge in [0, 0.05) is 19.5 Å². The third-order valence-electron chi connectivity index (χ3n) is 5.46. The van der Waals surface area contributed by atoms with Gasteiger partial charge in [-0.3, -0.25) is 10.1 Å². The Hall–Kier alpha value is -3.09. The lowest BCUT2D eigenvalue weighted by molar-refractivity contribution is 0.577. The summed E-state index contributed by atoms with van der Waals surface area (Å²) in [6.45, 7) is 5.68. The summed E-state index contributed by atoms with van der Waals surface area (Å²) in [7, 11) is 0. The van der Waals surface area contributed by atoms with Crippen LogP contribution in [0, 0.1) is 0 Å². The van der Waals surface area contributed by atoms with Gasteiger partial charge in [0.15, 0.2) is 11.7 Å². The van der Waals surface area contributed by atoms with Crippen molar-refractivity contribution >= 4 is 5.96 Å². The number of aliphatic imine (C=N–C) groups is 1. The first kappa shape index (κ1) is 20.2. The summed E-state index contributed by atoms with van der Waals surface area (Å²) in [6.07, 6.45) is 7.31. The largest absolute Gasteiger partial charge is 0.461 e. The van der Waals surface area contributed by atoms with Crippen LogP contribution in [0.2, 0.25) is 0 Å². The van der Waals surface area contributed by atoms with Gasteiger partial charge in [0.1, 0.15) is 5.82 Å². The first-order chi connectivity index (χ1) is 14.7. The second kappa shape index (κ2) is 9.61. The van der Waals surface area contributed by atoms with Gasteiger partial charge in [-0.1, -0.05) is 18.2 Å². The van der Waals surface area contributed by atoms with E-state index in [0.29, 0.717) is 24.6 Å². The molecule has 2 aromatic heterocycles. The average molecular weight is 407 g/mol. The zero-order valence-electron chi connectivity index (χ0n) is 17.7. The molecule has 7 nitrogen and oxygen atoms in total. The number of nitrogens with zero attached hydrogens (tertiary/aromatic N) is 3. The molecule has 1 unspecified atom stereocenters. The summed E-state index contributed by atoms with van der Waals surface area (Å²) in [5.41, 5.74) is 4.32. The van der Waals surface area contributed by atoms with Crippen molar-refractivity contribution in [2.45, 2.75) is 52.0 Å². The van der Waals surface area contributed by atoms with Crippen LogP contribution in [0.15, 0.2) is 46.0 Å². The Morgan fingerprint density at radius 1 is 1.23 bits per heavy atom. The Morgan fingerprint density at radius 2 is 2.10 bits per heavy atom. The summed E-state index contributed by atoms with van der Waals surface area (Å²) in [6, 6.07) is 10.8. The molecular formula is C23H30N6O. The molecule has 30 heavy (non-hydrogen) atoms. The topological polar surface area (TPSA) is 91.1 Å². The minimum Gasteiger partial charge on any atom is -0.461 e. The van der Waals surface area contributed by atoms with Gasteiger partial charge in [0.25, 0.3) is 0 Å². The van der Waals surface area contributed by atoms with E-state index in [1.165, 1.54) is 42.4 Å². The van der Waals surface area contributed by atoms with E-state index in [4.69, 9.17) is 9.41 Å². The van der Waals surface area contributed by atoms with Gasteiger partial charge in [-0.25, -0.2) is 4.98 Å². The highest BCUT2D eigenvalue weighted by molar-refractivity contribution is 5.80. The van der Waals surface area contributed by atoms with E-state index in [0.717, 1.165) is 18.3 Å². The van der Waals surface area contributed by atoms with Gasteiger partial charge in [-0.05, 0) is 68.4 Å². The quantitative estimate of drug-likeness (QED) is 0.410. The number of nitrogens with one attached hydrogen (secondary N) is 3. The second-order valence-corrected chi connectivity index (χ2v) is 7.69. The maximum Gasteiger partial charge on any atom is 0.216 e. The molecule has 2 heterocycles. The van der Waals surface area contributed by atoms with Crippen LogP contribution in [0.25, 0.3) is 11.6 Å². The summed E-state index contributed by atoms with van der Waals surface area (Å²) in [4.78, 5) is 9.19. The highest BCUT2D eigenvalue weighted by Crippen LogP contribution is 2.24. The number of hydrogen-bond donors (Lipinski definition) is 3. The third kappa shape index (κ3) is 4.90. The van der Waals surface area contributed by atoms with Crippen LogP contribution in [-0.2, 0) is 19.3 Å². The fourth-order valence-corrected chi connectivity index (χ4v) is 3.83. The number of H-pyrrole nitrogens is 1.